The highest BCUT2D eigenvalue weighted by molar-refractivity contribution is 5.71. The lowest BCUT2D eigenvalue weighted by atomic mass is 10.1. The Morgan fingerprint density at radius 2 is 2.19 bits per heavy atom. The molecule has 0 saturated carbocycles. The molecule has 3 N–H and O–H groups in total. The monoisotopic (exact) mass is 291 g/mol. The van der Waals surface area contributed by atoms with Crippen molar-refractivity contribution < 1.29 is 14.3 Å². The van der Waals surface area contributed by atoms with E-state index in [1.54, 1.807) is 0 Å². The molecule has 3 rings (SSSR count). The average molecular weight is 291 g/mol. The number of rotatable bonds is 3. The minimum absolute atomic E-state index is 0.0206. The van der Waals surface area contributed by atoms with Gasteiger partial charge in [0.2, 0.25) is 0 Å². The number of primary amides is 1. The van der Waals surface area contributed by atoms with Crippen molar-refractivity contribution in [2.24, 2.45) is 5.73 Å². The van der Waals surface area contributed by atoms with Crippen molar-refractivity contribution in [2.45, 2.75) is 25.0 Å². The van der Waals surface area contributed by atoms with Crippen molar-refractivity contribution in [3.63, 3.8) is 0 Å². The average Bonchev–Trinajstić information content (AvgIpc) is 2.47. The fourth-order valence-electron chi connectivity index (χ4n) is 2.98. The lowest BCUT2D eigenvalue weighted by Gasteiger charge is -2.36. The van der Waals surface area contributed by atoms with Crippen LogP contribution in [0.25, 0.3) is 0 Å². The highest BCUT2D eigenvalue weighted by Crippen LogP contribution is 2.31. The quantitative estimate of drug-likeness (QED) is 0.869. The number of carbonyl (C=O) groups excluding carboxylic acids is 1. The minimum atomic E-state index is -0.451. The Labute approximate surface area is 124 Å². The molecule has 1 aromatic rings. The molecular weight excluding hydrogens is 270 g/mol. The number of nitrogens with two attached hydrogens (primary N) is 1. The standard InChI is InChI=1S/C15H21N3O3/c16-15(19)17-11-4-3-7-18(8-11)9-12-10-20-13-5-1-2-6-14(13)21-12/h1-2,5-6,11-12H,3-4,7-10H2,(H3,16,17,19). The first-order chi connectivity index (χ1) is 10.2. The van der Waals surface area contributed by atoms with Gasteiger partial charge in [-0.2, -0.15) is 0 Å². The van der Waals surface area contributed by atoms with E-state index >= 15 is 0 Å². The van der Waals surface area contributed by atoms with Crippen LogP contribution in [0.1, 0.15) is 12.8 Å². The third-order valence-corrected chi connectivity index (χ3v) is 3.88. The summed E-state index contributed by atoms with van der Waals surface area (Å²) in [6.45, 7) is 3.18. The zero-order chi connectivity index (χ0) is 14.7. The van der Waals surface area contributed by atoms with Gasteiger partial charge in [-0.1, -0.05) is 12.1 Å². The predicted molar refractivity (Wildman–Crippen MR) is 78.5 cm³/mol. The van der Waals surface area contributed by atoms with Crippen molar-refractivity contribution in [1.82, 2.24) is 10.2 Å². The molecule has 6 nitrogen and oxygen atoms in total. The Hall–Kier alpha value is -1.95. The van der Waals surface area contributed by atoms with E-state index in [1.165, 1.54) is 0 Å². The van der Waals surface area contributed by atoms with Crippen LogP contribution in [-0.4, -0.2) is 49.3 Å². The number of hydrogen-bond acceptors (Lipinski definition) is 4. The number of amides is 2. The van der Waals surface area contributed by atoms with E-state index in [0.717, 1.165) is 44.0 Å². The molecule has 0 aromatic heterocycles. The van der Waals surface area contributed by atoms with Crippen molar-refractivity contribution in [1.29, 1.82) is 0 Å². The van der Waals surface area contributed by atoms with E-state index in [0.29, 0.717) is 6.61 Å². The lowest BCUT2D eigenvalue weighted by Crippen LogP contribution is -2.52. The van der Waals surface area contributed by atoms with Gasteiger partial charge in [0.05, 0.1) is 0 Å². The minimum Gasteiger partial charge on any atom is -0.486 e. The van der Waals surface area contributed by atoms with Crippen LogP contribution in [0.5, 0.6) is 11.5 Å². The smallest absolute Gasteiger partial charge is 0.312 e. The van der Waals surface area contributed by atoms with Crippen molar-refractivity contribution in [3.05, 3.63) is 24.3 Å². The number of likely N-dealkylation sites (tertiary alicyclic amines) is 1. The molecule has 1 aromatic carbocycles. The normalized spacial score (nSPS) is 25.3. The molecule has 0 radical (unpaired) electrons. The van der Waals surface area contributed by atoms with Crippen LogP contribution in [0.3, 0.4) is 0 Å². The summed E-state index contributed by atoms with van der Waals surface area (Å²) in [6, 6.07) is 7.40. The second-order valence-corrected chi connectivity index (χ2v) is 5.60. The van der Waals surface area contributed by atoms with Crippen LogP contribution < -0.4 is 20.5 Å². The van der Waals surface area contributed by atoms with Gasteiger partial charge in [0.15, 0.2) is 11.5 Å². The zero-order valence-corrected chi connectivity index (χ0v) is 12.0. The van der Waals surface area contributed by atoms with Gasteiger partial charge in [0, 0.05) is 19.1 Å². The number of fused-ring (bicyclic) bond motifs is 1. The van der Waals surface area contributed by atoms with E-state index in [-0.39, 0.29) is 12.1 Å². The predicted octanol–water partition coefficient (Wildman–Crippen LogP) is 0.959. The third-order valence-electron chi connectivity index (χ3n) is 3.88. The number of carbonyl (C=O) groups is 1. The second-order valence-electron chi connectivity index (χ2n) is 5.60. The Morgan fingerprint density at radius 1 is 1.38 bits per heavy atom. The molecule has 2 amide bonds. The van der Waals surface area contributed by atoms with Crippen molar-refractivity contribution in [3.8, 4) is 11.5 Å². The first-order valence-electron chi connectivity index (χ1n) is 7.37. The number of hydrogen-bond donors (Lipinski definition) is 2. The molecule has 1 saturated heterocycles. The molecule has 2 heterocycles. The Kier molecular flexibility index (Phi) is 4.15. The molecule has 2 aliphatic heterocycles. The van der Waals surface area contributed by atoms with Crippen LogP contribution in [0.4, 0.5) is 4.79 Å². The van der Waals surface area contributed by atoms with E-state index in [2.05, 4.69) is 10.2 Å². The molecule has 0 bridgehead atoms. The first kappa shape index (κ1) is 14.0. The SMILES string of the molecule is NC(=O)NC1CCCN(CC2COc3ccccc3O2)C1. The number of ether oxygens (including phenoxy) is 2. The molecule has 1 fully saturated rings. The maximum absolute atomic E-state index is 10.9. The first-order valence-corrected chi connectivity index (χ1v) is 7.37. The van der Waals surface area contributed by atoms with Gasteiger partial charge in [0.1, 0.15) is 12.7 Å². The molecule has 21 heavy (non-hydrogen) atoms. The topological polar surface area (TPSA) is 76.8 Å². The molecule has 114 valence electrons. The molecule has 2 unspecified atom stereocenters. The van der Waals surface area contributed by atoms with Crippen LogP contribution in [0.15, 0.2) is 24.3 Å². The largest absolute Gasteiger partial charge is 0.486 e. The Morgan fingerprint density at radius 3 is 3.00 bits per heavy atom. The summed E-state index contributed by atoms with van der Waals surface area (Å²) in [5.74, 6) is 1.61. The van der Waals surface area contributed by atoms with Gasteiger partial charge in [-0.25, -0.2) is 4.79 Å². The number of nitrogens with zero attached hydrogens (tertiary/aromatic N) is 1. The summed E-state index contributed by atoms with van der Waals surface area (Å²) in [5.41, 5.74) is 5.19. The molecule has 0 aliphatic carbocycles. The van der Waals surface area contributed by atoms with Gasteiger partial charge < -0.3 is 20.5 Å². The Balaban J connectivity index is 1.54. The molecule has 2 aliphatic rings. The van der Waals surface area contributed by atoms with Crippen molar-refractivity contribution >= 4 is 6.03 Å². The zero-order valence-electron chi connectivity index (χ0n) is 12.0. The second kappa shape index (κ2) is 6.22. The number of urea groups is 1. The van der Waals surface area contributed by atoms with E-state index < -0.39 is 6.03 Å². The van der Waals surface area contributed by atoms with Gasteiger partial charge in [-0.15, -0.1) is 0 Å². The molecular formula is C15H21N3O3. The molecule has 0 spiro atoms. The molecule has 2 atom stereocenters. The summed E-state index contributed by atoms with van der Waals surface area (Å²) >= 11 is 0. The fraction of sp³-hybridized carbons (Fsp3) is 0.533. The van der Waals surface area contributed by atoms with Gasteiger partial charge in [-0.3, -0.25) is 4.90 Å². The number of para-hydroxylation sites is 2. The van der Waals surface area contributed by atoms with Crippen LogP contribution in [0.2, 0.25) is 0 Å². The molecule has 6 heteroatoms. The van der Waals surface area contributed by atoms with E-state index in [4.69, 9.17) is 15.2 Å². The summed E-state index contributed by atoms with van der Waals surface area (Å²) < 4.78 is 11.7. The number of benzene rings is 1. The summed E-state index contributed by atoms with van der Waals surface area (Å²) in [6.07, 6.45) is 2.05. The van der Waals surface area contributed by atoms with E-state index in [9.17, 15) is 4.79 Å². The summed E-state index contributed by atoms with van der Waals surface area (Å²) in [7, 11) is 0. The fourth-order valence-corrected chi connectivity index (χ4v) is 2.98. The van der Waals surface area contributed by atoms with E-state index in [1.807, 2.05) is 24.3 Å². The van der Waals surface area contributed by atoms with Gasteiger partial charge in [-0.05, 0) is 31.5 Å². The van der Waals surface area contributed by atoms with Gasteiger partial charge >= 0.3 is 6.03 Å². The van der Waals surface area contributed by atoms with Crippen LogP contribution in [-0.2, 0) is 0 Å². The van der Waals surface area contributed by atoms with Crippen molar-refractivity contribution in [2.75, 3.05) is 26.2 Å². The highest BCUT2D eigenvalue weighted by Gasteiger charge is 2.26. The van der Waals surface area contributed by atoms with Crippen LogP contribution in [0, 0.1) is 0 Å². The van der Waals surface area contributed by atoms with Gasteiger partial charge in [0.25, 0.3) is 0 Å². The lowest BCUT2D eigenvalue weighted by molar-refractivity contribution is 0.0493. The summed E-state index contributed by atoms with van der Waals surface area (Å²) in [5, 5.41) is 2.79. The number of nitrogens with one attached hydrogen (secondary N) is 1. The van der Waals surface area contributed by atoms with Crippen LogP contribution >= 0.6 is 0 Å². The maximum Gasteiger partial charge on any atom is 0.312 e. The highest BCUT2D eigenvalue weighted by atomic mass is 16.6. The third kappa shape index (κ3) is 3.58. The Bertz CT molecular complexity index is 509. The summed E-state index contributed by atoms with van der Waals surface area (Å²) in [4.78, 5) is 13.2. The number of piperidine rings is 1. The maximum atomic E-state index is 10.9.